The summed E-state index contributed by atoms with van der Waals surface area (Å²) in [6, 6.07) is 12.9. The number of aliphatic hydroxyl groups excluding tert-OH is 1. The van der Waals surface area contributed by atoms with Gasteiger partial charge < -0.3 is 15.2 Å². The molecule has 0 amide bonds. The lowest BCUT2D eigenvalue weighted by molar-refractivity contribution is 0.198. The van der Waals surface area contributed by atoms with Gasteiger partial charge in [-0.25, -0.2) is 4.98 Å². The van der Waals surface area contributed by atoms with E-state index in [-0.39, 0.29) is 11.1 Å². The highest BCUT2D eigenvalue weighted by molar-refractivity contribution is 5.83. The first-order valence-electron chi connectivity index (χ1n) is 8.47. The molecule has 0 bridgehead atoms. The first-order valence-corrected chi connectivity index (χ1v) is 8.47. The summed E-state index contributed by atoms with van der Waals surface area (Å²) in [5.41, 5.74) is 1.82. The number of nitrogens with one attached hydrogen (secondary N) is 1. The highest BCUT2D eigenvalue weighted by Crippen LogP contribution is 2.26. The average Bonchev–Trinajstić information content (AvgIpc) is 2.67. The van der Waals surface area contributed by atoms with Crippen LogP contribution in [0, 0.1) is 0 Å². The van der Waals surface area contributed by atoms with Crippen LogP contribution in [0.4, 0.5) is 11.5 Å². The molecular formula is C20H18N4O3. The summed E-state index contributed by atoms with van der Waals surface area (Å²) < 4.78 is 6.70. The van der Waals surface area contributed by atoms with Crippen molar-refractivity contribution in [2.24, 2.45) is 0 Å². The summed E-state index contributed by atoms with van der Waals surface area (Å²) in [6.45, 7) is 1.54. The maximum Gasteiger partial charge on any atom is 0.265 e. The van der Waals surface area contributed by atoms with Gasteiger partial charge in [0.2, 0.25) is 0 Å². The molecule has 0 aliphatic rings. The van der Waals surface area contributed by atoms with Gasteiger partial charge in [0.15, 0.2) is 11.4 Å². The molecule has 0 aliphatic heterocycles. The number of rotatable bonds is 4. The van der Waals surface area contributed by atoms with Gasteiger partial charge in [-0.05, 0) is 43.3 Å². The van der Waals surface area contributed by atoms with Crippen molar-refractivity contribution in [3.05, 3.63) is 70.8 Å². The summed E-state index contributed by atoms with van der Waals surface area (Å²) in [5, 5.41) is 14.3. The van der Waals surface area contributed by atoms with Gasteiger partial charge in [-0.3, -0.25) is 14.2 Å². The van der Waals surface area contributed by atoms with Crippen molar-refractivity contribution < 1.29 is 9.84 Å². The predicted octanol–water partition coefficient (Wildman–Crippen LogP) is 3.05. The Morgan fingerprint density at radius 3 is 2.85 bits per heavy atom. The summed E-state index contributed by atoms with van der Waals surface area (Å²) in [4.78, 5) is 21.8. The van der Waals surface area contributed by atoms with E-state index in [1.807, 2.05) is 30.3 Å². The van der Waals surface area contributed by atoms with Gasteiger partial charge in [-0.1, -0.05) is 6.07 Å². The second-order valence-corrected chi connectivity index (χ2v) is 6.16. The minimum absolute atomic E-state index is 0.187. The molecule has 2 N–H and O–H groups in total. The topological polar surface area (TPSA) is 88.8 Å². The van der Waals surface area contributed by atoms with Gasteiger partial charge in [0.05, 0.1) is 24.3 Å². The van der Waals surface area contributed by atoms with Crippen LogP contribution in [-0.2, 0) is 0 Å². The molecule has 0 spiro atoms. The summed E-state index contributed by atoms with van der Waals surface area (Å²) in [5.74, 6) is 0.764. The van der Waals surface area contributed by atoms with Crippen molar-refractivity contribution in [3.8, 4) is 5.75 Å². The second-order valence-electron chi connectivity index (χ2n) is 6.16. The van der Waals surface area contributed by atoms with Gasteiger partial charge in [0.1, 0.15) is 5.82 Å². The fourth-order valence-electron chi connectivity index (χ4n) is 3.07. The van der Waals surface area contributed by atoms with E-state index in [1.165, 1.54) is 11.5 Å². The number of hydrogen-bond donors (Lipinski definition) is 2. The van der Waals surface area contributed by atoms with Crippen molar-refractivity contribution in [1.82, 2.24) is 14.4 Å². The molecule has 7 heteroatoms. The molecule has 3 aromatic heterocycles. The minimum Gasteiger partial charge on any atom is -0.493 e. The Labute approximate surface area is 154 Å². The van der Waals surface area contributed by atoms with Gasteiger partial charge >= 0.3 is 0 Å². The zero-order valence-corrected chi connectivity index (χ0v) is 14.9. The van der Waals surface area contributed by atoms with Crippen molar-refractivity contribution in [3.63, 3.8) is 0 Å². The Morgan fingerprint density at radius 2 is 2.07 bits per heavy atom. The third-order valence-corrected chi connectivity index (χ3v) is 4.36. The summed E-state index contributed by atoms with van der Waals surface area (Å²) in [7, 11) is 1.52. The van der Waals surface area contributed by atoms with Crippen LogP contribution in [0.3, 0.4) is 0 Å². The molecule has 4 rings (SSSR count). The SMILES string of the molecule is COc1cccn2c(=O)c(C(C)O)c(Nc3ccc4ncccc4c3)nc12. The lowest BCUT2D eigenvalue weighted by Crippen LogP contribution is -2.23. The van der Waals surface area contributed by atoms with E-state index in [4.69, 9.17) is 4.74 Å². The molecule has 7 nitrogen and oxygen atoms in total. The van der Waals surface area contributed by atoms with E-state index in [9.17, 15) is 9.90 Å². The Balaban J connectivity index is 1.90. The monoisotopic (exact) mass is 362 g/mol. The third-order valence-electron chi connectivity index (χ3n) is 4.36. The van der Waals surface area contributed by atoms with Crippen LogP contribution in [-0.4, -0.2) is 26.6 Å². The van der Waals surface area contributed by atoms with E-state index in [0.29, 0.717) is 17.2 Å². The van der Waals surface area contributed by atoms with Gasteiger partial charge in [-0.15, -0.1) is 0 Å². The zero-order valence-electron chi connectivity index (χ0n) is 14.9. The maximum absolute atomic E-state index is 12.9. The Kier molecular flexibility index (Phi) is 4.21. The first-order chi connectivity index (χ1) is 13.1. The van der Waals surface area contributed by atoms with Crippen LogP contribution < -0.4 is 15.6 Å². The van der Waals surface area contributed by atoms with E-state index in [1.54, 1.807) is 31.5 Å². The van der Waals surface area contributed by atoms with Gasteiger partial charge in [-0.2, -0.15) is 0 Å². The number of ether oxygens (including phenoxy) is 1. The largest absolute Gasteiger partial charge is 0.493 e. The summed E-state index contributed by atoms with van der Waals surface area (Å²) >= 11 is 0. The molecule has 0 saturated heterocycles. The molecule has 1 aromatic carbocycles. The number of pyridine rings is 2. The number of anilines is 2. The molecule has 136 valence electrons. The molecule has 0 fully saturated rings. The fourth-order valence-corrected chi connectivity index (χ4v) is 3.07. The molecule has 1 atom stereocenters. The number of hydrogen-bond acceptors (Lipinski definition) is 6. The number of aromatic nitrogens is 3. The number of nitrogens with zero attached hydrogens (tertiary/aromatic N) is 3. The molecule has 3 heterocycles. The Morgan fingerprint density at radius 1 is 1.22 bits per heavy atom. The quantitative estimate of drug-likeness (QED) is 0.580. The van der Waals surface area contributed by atoms with E-state index >= 15 is 0 Å². The Bertz CT molecular complexity index is 1200. The lowest BCUT2D eigenvalue weighted by Gasteiger charge is -2.15. The second kappa shape index (κ2) is 6.69. The molecule has 1 unspecified atom stereocenters. The van der Waals surface area contributed by atoms with Crippen LogP contribution >= 0.6 is 0 Å². The van der Waals surface area contributed by atoms with E-state index in [0.717, 1.165) is 16.6 Å². The fraction of sp³-hybridized carbons (Fsp3) is 0.150. The number of aliphatic hydroxyl groups is 1. The molecule has 27 heavy (non-hydrogen) atoms. The first kappa shape index (κ1) is 17.0. The minimum atomic E-state index is -0.988. The van der Waals surface area contributed by atoms with Crippen molar-refractivity contribution >= 4 is 28.1 Å². The van der Waals surface area contributed by atoms with Gasteiger partial charge in [0, 0.05) is 23.5 Å². The predicted molar refractivity (Wildman–Crippen MR) is 104 cm³/mol. The van der Waals surface area contributed by atoms with E-state index in [2.05, 4.69) is 15.3 Å². The van der Waals surface area contributed by atoms with Gasteiger partial charge in [0.25, 0.3) is 5.56 Å². The van der Waals surface area contributed by atoms with Crippen molar-refractivity contribution in [1.29, 1.82) is 0 Å². The van der Waals surface area contributed by atoms with Crippen LogP contribution in [0.2, 0.25) is 0 Å². The number of benzene rings is 1. The molecule has 4 aromatic rings. The van der Waals surface area contributed by atoms with Crippen LogP contribution in [0.1, 0.15) is 18.6 Å². The van der Waals surface area contributed by atoms with Crippen LogP contribution in [0.15, 0.2) is 59.7 Å². The zero-order chi connectivity index (χ0) is 19.0. The molecular weight excluding hydrogens is 344 g/mol. The molecule has 0 radical (unpaired) electrons. The summed E-state index contributed by atoms with van der Waals surface area (Å²) in [6.07, 6.45) is 2.35. The maximum atomic E-state index is 12.9. The van der Waals surface area contributed by atoms with Crippen molar-refractivity contribution in [2.45, 2.75) is 13.0 Å². The number of methoxy groups -OCH3 is 1. The molecule has 0 aliphatic carbocycles. The third kappa shape index (κ3) is 2.98. The highest BCUT2D eigenvalue weighted by Gasteiger charge is 2.19. The lowest BCUT2D eigenvalue weighted by atomic mass is 10.1. The van der Waals surface area contributed by atoms with E-state index < -0.39 is 6.10 Å². The van der Waals surface area contributed by atoms with Crippen molar-refractivity contribution in [2.75, 3.05) is 12.4 Å². The van der Waals surface area contributed by atoms with Crippen LogP contribution in [0.25, 0.3) is 16.6 Å². The van der Waals surface area contributed by atoms with Crippen LogP contribution in [0.5, 0.6) is 5.75 Å². The number of fused-ring (bicyclic) bond motifs is 2. The Hall–Kier alpha value is -3.45. The standard InChI is InChI=1S/C20H18N4O3/c1-12(25)17-18(22-14-7-8-15-13(11-14)5-3-9-21-15)23-19-16(27-2)6-4-10-24(19)20(17)26/h3-12,22,25H,1-2H3. The molecule has 0 saturated carbocycles. The average molecular weight is 362 g/mol. The highest BCUT2D eigenvalue weighted by atomic mass is 16.5. The normalized spacial score (nSPS) is 12.3. The smallest absolute Gasteiger partial charge is 0.265 e.